The summed E-state index contributed by atoms with van der Waals surface area (Å²) in [6.45, 7) is 3.77. The van der Waals surface area contributed by atoms with E-state index >= 15 is 0 Å². The number of carbonyl (C=O) groups is 2. The summed E-state index contributed by atoms with van der Waals surface area (Å²) < 4.78 is 16.6. The van der Waals surface area contributed by atoms with Gasteiger partial charge >= 0.3 is 11.9 Å². The summed E-state index contributed by atoms with van der Waals surface area (Å²) in [5, 5.41) is 0. The smallest absolute Gasteiger partial charge is 0.311 e. The van der Waals surface area contributed by atoms with E-state index in [0.29, 0.717) is 24.3 Å². The van der Waals surface area contributed by atoms with Crippen LogP contribution in [0.2, 0.25) is 0 Å². The number of ether oxygens (including phenoxy) is 3. The van der Waals surface area contributed by atoms with Crippen molar-refractivity contribution in [3.63, 3.8) is 0 Å². The third kappa shape index (κ3) is 5.64. The molecule has 0 spiro atoms. The second-order valence-corrected chi connectivity index (χ2v) is 5.45. The molecule has 0 saturated heterocycles. The highest BCUT2D eigenvalue weighted by molar-refractivity contribution is 5.77. The van der Waals surface area contributed by atoms with Crippen molar-refractivity contribution in [1.82, 2.24) is 0 Å². The third-order valence-electron chi connectivity index (χ3n) is 3.26. The van der Waals surface area contributed by atoms with E-state index in [9.17, 15) is 9.59 Å². The van der Waals surface area contributed by atoms with Gasteiger partial charge in [-0.2, -0.15) is 0 Å². The van der Waals surface area contributed by atoms with Crippen molar-refractivity contribution >= 4 is 11.9 Å². The standard InChI is InChI=1S/C20H22O5/c1-3-9-18(21)24-17-14-8-13-16(20(17)25-19(22)10-4-2)23-15-11-6-5-7-12-15/h5-8,11-14H,3-4,9-10H2,1-2H3. The first kappa shape index (κ1) is 18.5. The van der Waals surface area contributed by atoms with Gasteiger partial charge in [-0.1, -0.05) is 38.1 Å². The summed E-state index contributed by atoms with van der Waals surface area (Å²) in [4.78, 5) is 23.8. The number of rotatable bonds is 8. The zero-order valence-corrected chi connectivity index (χ0v) is 14.5. The summed E-state index contributed by atoms with van der Waals surface area (Å²) in [5.41, 5.74) is 0. The monoisotopic (exact) mass is 342 g/mol. The lowest BCUT2D eigenvalue weighted by Crippen LogP contribution is -2.12. The molecule has 0 aliphatic rings. The van der Waals surface area contributed by atoms with Gasteiger partial charge in [0.15, 0.2) is 11.5 Å². The van der Waals surface area contributed by atoms with E-state index in [1.54, 1.807) is 30.3 Å². The molecule has 0 bridgehead atoms. The van der Waals surface area contributed by atoms with Crippen molar-refractivity contribution in [1.29, 1.82) is 0 Å². The Morgan fingerprint density at radius 3 is 2.00 bits per heavy atom. The van der Waals surface area contributed by atoms with E-state index in [0.717, 1.165) is 0 Å². The Balaban J connectivity index is 2.32. The fourth-order valence-corrected chi connectivity index (χ4v) is 2.12. The summed E-state index contributed by atoms with van der Waals surface area (Å²) >= 11 is 0. The van der Waals surface area contributed by atoms with E-state index < -0.39 is 5.97 Å². The number of carbonyl (C=O) groups excluding carboxylic acids is 2. The Kier molecular flexibility index (Phi) is 7.01. The fraction of sp³-hybridized carbons (Fsp3) is 0.300. The molecule has 2 rings (SSSR count). The highest BCUT2D eigenvalue weighted by Crippen LogP contribution is 2.40. The van der Waals surface area contributed by atoms with Crippen molar-refractivity contribution < 1.29 is 23.8 Å². The van der Waals surface area contributed by atoms with Gasteiger partial charge in [0.25, 0.3) is 0 Å². The largest absolute Gasteiger partial charge is 0.453 e. The first-order valence-corrected chi connectivity index (χ1v) is 8.41. The van der Waals surface area contributed by atoms with Crippen LogP contribution in [0.4, 0.5) is 0 Å². The number of hydrogen-bond donors (Lipinski definition) is 0. The van der Waals surface area contributed by atoms with Gasteiger partial charge in [0, 0.05) is 12.8 Å². The summed E-state index contributed by atoms with van der Waals surface area (Å²) in [7, 11) is 0. The topological polar surface area (TPSA) is 61.8 Å². The summed E-state index contributed by atoms with van der Waals surface area (Å²) in [6.07, 6.45) is 1.88. The van der Waals surface area contributed by atoms with Crippen LogP contribution in [0.1, 0.15) is 39.5 Å². The molecule has 0 aliphatic heterocycles. The van der Waals surface area contributed by atoms with E-state index in [1.165, 1.54) is 0 Å². The molecule has 5 heteroatoms. The number of esters is 2. The Bertz CT molecular complexity index is 709. The van der Waals surface area contributed by atoms with E-state index in [2.05, 4.69) is 0 Å². The van der Waals surface area contributed by atoms with Crippen molar-refractivity contribution in [3.05, 3.63) is 48.5 Å². The normalized spacial score (nSPS) is 10.2. The van der Waals surface area contributed by atoms with Crippen LogP contribution in [-0.2, 0) is 9.59 Å². The van der Waals surface area contributed by atoms with Gasteiger partial charge in [-0.05, 0) is 37.1 Å². The lowest BCUT2D eigenvalue weighted by molar-refractivity contribution is -0.137. The van der Waals surface area contributed by atoms with Gasteiger partial charge in [0.1, 0.15) is 5.75 Å². The number of hydrogen-bond acceptors (Lipinski definition) is 5. The number of para-hydroxylation sites is 2. The van der Waals surface area contributed by atoms with Gasteiger partial charge in [-0.3, -0.25) is 9.59 Å². The summed E-state index contributed by atoms with van der Waals surface area (Å²) in [5.74, 6) is 0.418. The van der Waals surface area contributed by atoms with E-state index in [1.807, 2.05) is 32.0 Å². The molecule has 2 aromatic carbocycles. The molecule has 25 heavy (non-hydrogen) atoms. The first-order chi connectivity index (χ1) is 12.1. The maximum absolute atomic E-state index is 12.0. The van der Waals surface area contributed by atoms with Crippen molar-refractivity contribution in [2.24, 2.45) is 0 Å². The molecule has 0 aromatic heterocycles. The average molecular weight is 342 g/mol. The SMILES string of the molecule is CCCC(=O)Oc1cccc(Oc2ccccc2)c1OC(=O)CCC. The molecule has 0 fully saturated rings. The van der Waals surface area contributed by atoms with Crippen LogP contribution < -0.4 is 14.2 Å². The van der Waals surface area contributed by atoms with E-state index in [-0.39, 0.29) is 30.3 Å². The Morgan fingerprint density at radius 1 is 0.760 bits per heavy atom. The Hall–Kier alpha value is -2.82. The van der Waals surface area contributed by atoms with Crippen LogP contribution in [0, 0.1) is 0 Å². The first-order valence-electron chi connectivity index (χ1n) is 8.41. The molecule has 0 unspecified atom stereocenters. The molecule has 2 aromatic rings. The molecule has 5 nitrogen and oxygen atoms in total. The van der Waals surface area contributed by atoms with Crippen LogP contribution in [0.15, 0.2) is 48.5 Å². The van der Waals surface area contributed by atoms with Gasteiger partial charge < -0.3 is 14.2 Å². The molecule has 0 radical (unpaired) electrons. The number of benzene rings is 2. The summed E-state index contributed by atoms with van der Waals surface area (Å²) in [6, 6.07) is 14.0. The second kappa shape index (κ2) is 9.47. The lowest BCUT2D eigenvalue weighted by Gasteiger charge is -2.15. The predicted molar refractivity (Wildman–Crippen MR) is 94.0 cm³/mol. The predicted octanol–water partition coefficient (Wildman–Crippen LogP) is 4.89. The van der Waals surface area contributed by atoms with Crippen molar-refractivity contribution in [2.45, 2.75) is 39.5 Å². The van der Waals surface area contributed by atoms with Crippen LogP contribution in [0.3, 0.4) is 0 Å². The molecular weight excluding hydrogens is 320 g/mol. The molecule has 0 N–H and O–H groups in total. The van der Waals surface area contributed by atoms with Crippen LogP contribution in [-0.4, -0.2) is 11.9 Å². The zero-order chi connectivity index (χ0) is 18.1. The Labute approximate surface area is 147 Å². The van der Waals surface area contributed by atoms with Gasteiger partial charge in [0.2, 0.25) is 5.75 Å². The van der Waals surface area contributed by atoms with Gasteiger partial charge in [0.05, 0.1) is 0 Å². The zero-order valence-electron chi connectivity index (χ0n) is 14.5. The quantitative estimate of drug-likeness (QED) is 0.505. The second-order valence-electron chi connectivity index (χ2n) is 5.45. The molecule has 132 valence electrons. The Morgan fingerprint density at radius 2 is 1.36 bits per heavy atom. The van der Waals surface area contributed by atoms with Crippen molar-refractivity contribution in [2.75, 3.05) is 0 Å². The molecule has 0 saturated carbocycles. The fourth-order valence-electron chi connectivity index (χ4n) is 2.12. The minimum atomic E-state index is -0.403. The highest BCUT2D eigenvalue weighted by atomic mass is 16.6. The third-order valence-corrected chi connectivity index (χ3v) is 3.26. The molecule has 0 heterocycles. The molecule has 0 atom stereocenters. The average Bonchev–Trinajstić information content (AvgIpc) is 2.59. The minimum Gasteiger partial charge on any atom is -0.453 e. The van der Waals surface area contributed by atoms with Crippen LogP contribution in [0.25, 0.3) is 0 Å². The lowest BCUT2D eigenvalue weighted by atomic mass is 10.2. The molecule has 0 amide bonds. The highest BCUT2D eigenvalue weighted by Gasteiger charge is 2.19. The van der Waals surface area contributed by atoms with E-state index in [4.69, 9.17) is 14.2 Å². The molecule has 0 aliphatic carbocycles. The van der Waals surface area contributed by atoms with Crippen molar-refractivity contribution in [3.8, 4) is 23.0 Å². The minimum absolute atomic E-state index is 0.120. The van der Waals surface area contributed by atoms with Gasteiger partial charge in [-0.15, -0.1) is 0 Å². The van der Waals surface area contributed by atoms with Gasteiger partial charge in [-0.25, -0.2) is 0 Å². The van der Waals surface area contributed by atoms with Crippen LogP contribution in [0.5, 0.6) is 23.0 Å². The van der Waals surface area contributed by atoms with Crippen LogP contribution >= 0.6 is 0 Å². The molecular formula is C20H22O5. The maximum Gasteiger partial charge on any atom is 0.311 e. The maximum atomic E-state index is 12.0.